The van der Waals surface area contributed by atoms with Crippen molar-refractivity contribution in [1.82, 2.24) is 0 Å². The van der Waals surface area contributed by atoms with E-state index in [9.17, 15) is 24.1 Å². The number of rotatable bonds is 7. The van der Waals surface area contributed by atoms with Gasteiger partial charge in [0, 0.05) is 22.7 Å². The minimum absolute atomic E-state index is 0.0442. The number of benzene rings is 2. The summed E-state index contributed by atoms with van der Waals surface area (Å²) < 4.78 is 18.3. The molecular formula is C18H17FN2O5S. The highest BCUT2D eigenvalue weighted by Crippen LogP contribution is 2.26. The number of ether oxygens (including phenoxy) is 1. The SMILES string of the molecule is C[C@H](OC(=O)[C@H](C)Sc1ccc([N+](=O)[O-])cc1)C(=O)Nc1cccc(F)c1. The van der Waals surface area contributed by atoms with E-state index in [1.165, 1.54) is 49.4 Å². The van der Waals surface area contributed by atoms with Crippen LogP contribution in [0.3, 0.4) is 0 Å². The number of carbonyl (C=O) groups excluding carboxylic acids is 2. The molecule has 2 aromatic carbocycles. The Kier molecular flexibility index (Phi) is 6.89. The predicted octanol–water partition coefficient (Wildman–Crippen LogP) is 3.78. The second-order valence-corrected chi connectivity index (χ2v) is 7.00. The van der Waals surface area contributed by atoms with Crippen LogP contribution in [0.4, 0.5) is 15.8 Å². The van der Waals surface area contributed by atoms with Crippen molar-refractivity contribution in [3.8, 4) is 0 Å². The van der Waals surface area contributed by atoms with Crippen LogP contribution in [0.25, 0.3) is 0 Å². The maximum atomic E-state index is 13.1. The van der Waals surface area contributed by atoms with Crippen molar-refractivity contribution in [2.75, 3.05) is 5.32 Å². The number of carbonyl (C=O) groups is 2. The van der Waals surface area contributed by atoms with E-state index in [0.717, 1.165) is 17.8 Å². The highest BCUT2D eigenvalue weighted by atomic mass is 32.2. The van der Waals surface area contributed by atoms with E-state index in [1.807, 2.05) is 0 Å². The summed E-state index contributed by atoms with van der Waals surface area (Å²) in [7, 11) is 0. The fourth-order valence-corrected chi connectivity index (χ4v) is 2.89. The summed E-state index contributed by atoms with van der Waals surface area (Å²) >= 11 is 1.15. The van der Waals surface area contributed by atoms with Gasteiger partial charge in [0.2, 0.25) is 0 Å². The number of halogens is 1. The van der Waals surface area contributed by atoms with Crippen LogP contribution in [0.2, 0.25) is 0 Å². The Morgan fingerprint density at radius 1 is 1.19 bits per heavy atom. The van der Waals surface area contributed by atoms with E-state index < -0.39 is 34.0 Å². The Labute approximate surface area is 159 Å². The molecular weight excluding hydrogens is 375 g/mol. The van der Waals surface area contributed by atoms with E-state index in [4.69, 9.17) is 4.74 Å². The van der Waals surface area contributed by atoms with Crippen LogP contribution >= 0.6 is 11.8 Å². The molecule has 0 heterocycles. The smallest absolute Gasteiger partial charge is 0.319 e. The number of thioether (sulfide) groups is 1. The molecule has 0 bridgehead atoms. The number of amides is 1. The highest BCUT2D eigenvalue weighted by Gasteiger charge is 2.23. The lowest BCUT2D eigenvalue weighted by Crippen LogP contribution is -2.32. The molecule has 1 N–H and O–H groups in total. The Bertz CT molecular complexity index is 844. The van der Waals surface area contributed by atoms with Gasteiger partial charge in [-0.05, 0) is 44.2 Å². The quantitative estimate of drug-likeness (QED) is 0.333. The van der Waals surface area contributed by atoms with Crippen molar-refractivity contribution < 1.29 is 23.6 Å². The van der Waals surface area contributed by atoms with Crippen LogP contribution in [0.5, 0.6) is 0 Å². The molecule has 0 fully saturated rings. The molecule has 0 unspecified atom stereocenters. The average molecular weight is 392 g/mol. The zero-order chi connectivity index (χ0) is 20.0. The van der Waals surface area contributed by atoms with Crippen LogP contribution in [-0.2, 0) is 14.3 Å². The third-order valence-corrected chi connectivity index (χ3v) is 4.54. The summed E-state index contributed by atoms with van der Waals surface area (Å²) in [5.74, 6) is -1.69. The molecule has 9 heteroatoms. The lowest BCUT2D eigenvalue weighted by molar-refractivity contribution is -0.384. The number of anilines is 1. The fraction of sp³-hybridized carbons (Fsp3) is 0.222. The first-order valence-corrected chi connectivity index (χ1v) is 8.82. The van der Waals surface area contributed by atoms with Gasteiger partial charge in [-0.1, -0.05) is 6.07 Å². The second-order valence-electron chi connectivity index (χ2n) is 5.59. The molecule has 27 heavy (non-hydrogen) atoms. The Balaban J connectivity index is 1.88. The van der Waals surface area contributed by atoms with E-state index in [-0.39, 0.29) is 11.4 Å². The minimum atomic E-state index is -1.07. The highest BCUT2D eigenvalue weighted by molar-refractivity contribution is 8.00. The Morgan fingerprint density at radius 2 is 1.85 bits per heavy atom. The number of esters is 1. The van der Waals surface area contributed by atoms with Gasteiger partial charge in [0.25, 0.3) is 11.6 Å². The molecule has 142 valence electrons. The molecule has 0 spiro atoms. The normalized spacial score (nSPS) is 12.7. The van der Waals surface area contributed by atoms with Gasteiger partial charge in [0.1, 0.15) is 11.1 Å². The molecule has 0 aliphatic carbocycles. The van der Waals surface area contributed by atoms with Crippen molar-refractivity contribution >= 4 is 35.0 Å². The first kappa shape index (κ1) is 20.4. The van der Waals surface area contributed by atoms with E-state index >= 15 is 0 Å². The van der Waals surface area contributed by atoms with Crippen LogP contribution in [0, 0.1) is 15.9 Å². The maximum absolute atomic E-state index is 13.1. The lowest BCUT2D eigenvalue weighted by Gasteiger charge is -2.16. The molecule has 2 aromatic rings. The van der Waals surface area contributed by atoms with Crippen LogP contribution in [0.1, 0.15) is 13.8 Å². The van der Waals surface area contributed by atoms with Crippen molar-refractivity contribution in [1.29, 1.82) is 0 Å². The molecule has 0 aromatic heterocycles. The first-order valence-electron chi connectivity index (χ1n) is 7.94. The molecule has 7 nitrogen and oxygen atoms in total. The monoisotopic (exact) mass is 392 g/mol. The van der Waals surface area contributed by atoms with Gasteiger partial charge < -0.3 is 10.1 Å². The number of nitro benzene ring substituents is 1. The molecule has 0 aliphatic heterocycles. The van der Waals surface area contributed by atoms with Gasteiger partial charge in [-0.2, -0.15) is 0 Å². The number of hydrogen-bond acceptors (Lipinski definition) is 6. The second kappa shape index (κ2) is 9.13. The third kappa shape index (κ3) is 6.07. The summed E-state index contributed by atoms with van der Waals surface area (Å²) in [6, 6.07) is 11.1. The largest absolute Gasteiger partial charge is 0.452 e. The number of non-ortho nitro benzene ring substituents is 1. The first-order chi connectivity index (χ1) is 12.8. The number of hydrogen-bond donors (Lipinski definition) is 1. The Morgan fingerprint density at radius 3 is 2.44 bits per heavy atom. The topological polar surface area (TPSA) is 98.5 Å². The zero-order valence-corrected chi connectivity index (χ0v) is 15.4. The molecule has 2 rings (SSSR count). The van der Waals surface area contributed by atoms with Gasteiger partial charge in [-0.25, -0.2) is 4.39 Å². The molecule has 0 saturated carbocycles. The number of nitro groups is 1. The minimum Gasteiger partial charge on any atom is -0.452 e. The summed E-state index contributed by atoms with van der Waals surface area (Å²) in [5.41, 5.74) is 0.216. The molecule has 2 atom stereocenters. The summed E-state index contributed by atoms with van der Waals surface area (Å²) in [6.45, 7) is 3.02. The molecule has 0 aliphatic rings. The van der Waals surface area contributed by atoms with Crippen LogP contribution < -0.4 is 5.32 Å². The Hall–Kier alpha value is -2.94. The zero-order valence-electron chi connectivity index (χ0n) is 14.5. The predicted molar refractivity (Wildman–Crippen MR) is 99.0 cm³/mol. The molecule has 0 radical (unpaired) electrons. The van der Waals surface area contributed by atoms with Crippen molar-refractivity contribution in [2.24, 2.45) is 0 Å². The lowest BCUT2D eigenvalue weighted by atomic mass is 10.3. The summed E-state index contributed by atoms with van der Waals surface area (Å²) in [4.78, 5) is 35.0. The van der Waals surface area contributed by atoms with E-state index in [2.05, 4.69) is 5.32 Å². The number of nitrogens with one attached hydrogen (secondary N) is 1. The van der Waals surface area contributed by atoms with Gasteiger partial charge in [-0.3, -0.25) is 19.7 Å². The van der Waals surface area contributed by atoms with E-state index in [0.29, 0.717) is 4.90 Å². The standard InChI is InChI=1S/C18H17FN2O5S/c1-11(17(22)20-14-5-3-4-13(19)10-14)26-18(23)12(2)27-16-8-6-15(7-9-16)21(24)25/h3-12H,1-2H3,(H,20,22)/t11-,12-/m0/s1. The summed E-state index contributed by atoms with van der Waals surface area (Å²) in [5, 5.41) is 12.5. The maximum Gasteiger partial charge on any atom is 0.319 e. The van der Waals surface area contributed by atoms with Gasteiger partial charge in [0.05, 0.1) is 4.92 Å². The third-order valence-electron chi connectivity index (χ3n) is 3.45. The van der Waals surface area contributed by atoms with Crippen molar-refractivity contribution in [2.45, 2.75) is 30.1 Å². The van der Waals surface area contributed by atoms with Crippen LogP contribution in [-0.4, -0.2) is 28.2 Å². The summed E-state index contributed by atoms with van der Waals surface area (Å²) in [6.07, 6.45) is -1.07. The van der Waals surface area contributed by atoms with Gasteiger partial charge in [-0.15, -0.1) is 11.8 Å². The van der Waals surface area contributed by atoms with Gasteiger partial charge in [0.15, 0.2) is 6.10 Å². The molecule has 0 saturated heterocycles. The molecule has 1 amide bonds. The average Bonchev–Trinajstić information content (AvgIpc) is 2.62. The van der Waals surface area contributed by atoms with Crippen LogP contribution in [0.15, 0.2) is 53.4 Å². The van der Waals surface area contributed by atoms with E-state index in [1.54, 1.807) is 6.92 Å². The van der Waals surface area contributed by atoms with Crippen molar-refractivity contribution in [3.05, 3.63) is 64.5 Å². The van der Waals surface area contributed by atoms with Gasteiger partial charge >= 0.3 is 5.97 Å². The number of nitrogens with zero attached hydrogens (tertiary/aromatic N) is 1. The fourth-order valence-electron chi connectivity index (χ4n) is 2.03. The van der Waals surface area contributed by atoms with Crippen molar-refractivity contribution in [3.63, 3.8) is 0 Å².